The Bertz CT molecular complexity index is 548. The Hall–Kier alpha value is -1.36. The van der Waals surface area contributed by atoms with E-state index >= 15 is 0 Å². The molecule has 1 fully saturated rings. The summed E-state index contributed by atoms with van der Waals surface area (Å²) in [5.41, 5.74) is 1.79. The number of benzene rings is 1. The summed E-state index contributed by atoms with van der Waals surface area (Å²) < 4.78 is 13.6. The number of nitrogens with zero attached hydrogens (tertiary/aromatic N) is 1. The van der Waals surface area contributed by atoms with E-state index in [-0.39, 0.29) is 5.82 Å². The van der Waals surface area contributed by atoms with E-state index in [1.165, 1.54) is 18.9 Å². The van der Waals surface area contributed by atoms with Crippen LogP contribution in [0.3, 0.4) is 0 Å². The molecule has 1 heterocycles. The van der Waals surface area contributed by atoms with Crippen molar-refractivity contribution in [1.82, 2.24) is 10.2 Å². The van der Waals surface area contributed by atoms with Crippen molar-refractivity contribution in [3.05, 3.63) is 34.6 Å². The molecule has 1 aromatic heterocycles. The van der Waals surface area contributed by atoms with Crippen molar-refractivity contribution in [2.24, 2.45) is 0 Å². The molecule has 2 N–H and O–H groups in total. The summed E-state index contributed by atoms with van der Waals surface area (Å²) in [7, 11) is 0. The second-order valence-corrected chi connectivity index (χ2v) is 5.07. The van der Waals surface area contributed by atoms with Gasteiger partial charge in [0.05, 0.1) is 10.2 Å². The number of halogens is 2. The van der Waals surface area contributed by atoms with Crippen LogP contribution < -0.4 is 5.32 Å². The summed E-state index contributed by atoms with van der Waals surface area (Å²) in [4.78, 5) is 0. The third-order valence-corrected chi connectivity index (χ3v) is 3.35. The third kappa shape index (κ3) is 2.34. The summed E-state index contributed by atoms with van der Waals surface area (Å²) in [6, 6.07) is 7.43. The van der Waals surface area contributed by atoms with Gasteiger partial charge in [0.2, 0.25) is 0 Å². The topological polar surface area (TPSA) is 40.7 Å². The molecule has 2 aromatic rings. The van der Waals surface area contributed by atoms with Gasteiger partial charge < -0.3 is 5.32 Å². The maximum absolute atomic E-state index is 13.1. The lowest BCUT2D eigenvalue weighted by molar-refractivity contribution is 0.621. The van der Waals surface area contributed by atoms with Crippen molar-refractivity contribution in [3.8, 4) is 11.3 Å². The molecule has 0 bridgehead atoms. The molecule has 17 heavy (non-hydrogen) atoms. The van der Waals surface area contributed by atoms with Gasteiger partial charge in [-0.15, -0.1) is 0 Å². The first-order chi connectivity index (χ1) is 8.22. The van der Waals surface area contributed by atoms with E-state index < -0.39 is 0 Å². The van der Waals surface area contributed by atoms with Crippen LogP contribution in [0.5, 0.6) is 0 Å². The van der Waals surface area contributed by atoms with Crippen molar-refractivity contribution < 1.29 is 4.39 Å². The minimum absolute atomic E-state index is 0.260. The van der Waals surface area contributed by atoms with Crippen molar-refractivity contribution in [2.45, 2.75) is 18.9 Å². The number of nitrogens with one attached hydrogen (secondary N) is 2. The summed E-state index contributed by atoms with van der Waals surface area (Å²) in [5, 5.41) is 10.4. The Morgan fingerprint density at radius 3 is 2.88 bits per heavy atom. The Labute approximate surface area is 107 Å². The third-order valence-electron chi connectivity index (χ3n) is 2.74. The molecule has 1 aliphatic carbocycles. The van der Waals surface area contributed by atoms with Gasteiger partial charge in [-0.2, -0.15) is 5.10 Å². The monoisotopic (exact) mass is 295 g/mol. The fourth-order valence-corrected chi connectivity index (χ4v) is 2.02. The SMILES string of the molecule is Fc1ccc(-c2cc(NC3CC3)n[nH]2)cc1Br. The molecule has 3 rings (SSSR count). The van der Waals surface area contributed by atoms with Gasteiger partial charge in [-0.25, -0.2) is 4.39 Å². The average Bonchev–Trinajstić information content (AvgIpc) is 2.99. The molecule has 1 aromatic carbocycles. The molecular weight excluding hydrogens is 285 g/mol. The molecule has 0 radical (unpaired) electrons. The van der Waals surface area contributed by atoms with Gasteiger partial charge >= 0.3 is 0 Å². The van der Waals surface area contributed by atoms with Crippen LogP contribution in [0, 0.1) is 5.82 Å². The Kier molecular flexibility index (Phi) is 2.63. The highest BCUT2D eigenvalue weighted by atomic mass is 79.9. The van der Waals surface area contributed by atoms with E-state index in [0.717, 1.165) is 17.1 Å². The lowest BCUT2D eigenvalue weighted by Crippen LogP contribution is -2.00. The maximum atomic E-state index is 13.1. The molecule has 0 aliphatic heterocycles. The quantitative estimate of drug-likeness (QED) is 0.909. The summed E-state index contributed by atoms with van der Waals surface area (Å²) in [5.74, 6) is 0.590. The van der Waals surface area contributed by atoms with Crippen LogP contribution in [0.25, 0.3) is 11.3 Å². The second-order valence-electron chi connectivity index (χ2n) is 4.21. The Morgan fingerprint density at radius 1 is 1.35 bits per heavy atom. The van der Waals surface area contributed by atoms with Crippen molar-refractivity contribution in [2.75, 3.05) is 5.32 Å². The van der Waals surface area contributed by atoms with Gasteiger partial charge in [0, 0.05) is 17.7 Å². The molecule has 0 unspecified atom stereocenters. The number of rotatable bonds is 3. The first kappa shape index (κ1) is 10.8. The minimum atomic E-state index is -0.260. The van der Waals surface area contributed by atoms with Crippen LogP contribution in [0.4, 0.5) is 10.2 Å². The number of hydrogen-bond acceptors (Lipinski definition) is 2. The molecular formula is C12H11BrFN3. The van der Waals surface area contributed by atoms with E-state index in [0.29, 0.717) is 10.5 Å². The summed E-state index contributed by atoms with van der Waals surface area (Å²) in [6.45, 7) is 0. The highest BCUT2D eigenvalue weighted by Crippen LogP contribution is 2.28. The second kappa shape index (κ2) is 4.14. The zero-order valence-corrected chi connectivity index (χ0v) is 10.6. The standard InChI is InChI=1S/C12H11BrFN3/c13-9-5-7(1-4-10(9)14)11-6-12(17-16-11)15-8-2-3-8/h1,4-6,8H,2-3H2,(H2,15,16,17). The molecule has 0 saturated heterocycles. The fraction of sp³-hybridized carbons (Fsp3) is 0.250. The smallest absolute Gasteiger partial charge is 0.148 e. The lowest BCUT2D eigenvalue weighted by atomic mass is 10.1. The normalized spacial score (nSPS) is 14.9. The zero-order chi connectivity index (χ0) is 11.8. The van der Waals surface area contributed by atoms with Gasteiger partial charge in [-0.1, -0.05) is 0 Å². The predicted octanol–water partition coefficient (Wildman–Crippen LogP) is 3.55. The van der Waals surface area contributed by atoms with Gasteiger partial charge in [0.1, 0.15) is 11.6 Å². The molecule has 5 heteroatoms. The number of anilines is 1. The van der Waals surface area contributed by atoms with E-state index in [4.69, 9.17) is 0 Å². The molecule has 0 atom stereocenters. The van der Waals surface area contributed by atoms with Gasteiger partial charge in [-0.3, -0.25) is 5.10 Å². The van der Waals surface area contributed by atoms with Crippen LogP contribution in [0.15, 0.2) is 28.7 Å². The van der Waals surface area contributed by atoms with Crippen LogP contribution in [0.1, 0.15) is 12.8 Å². The van der Waals surface area contributed by atoms with Crippen molar-refractivity contribution >= 4 is 21.7 Å². The maximum Gasteiger partial charge on any atom is 0.148 e. The van der Waals surface area contributed by atoms with Gasteiger partial charge in [0.15, 0.2) is 0 Å². The molecule has 0 spiro atoms. The van der Waals surface area contributed by atoms with E-state index in [1.54, 1.807) is 12.1 Å². The molecule has 3 nitrogen and oxygen atoms in total. The van der Waals surface area contributed by atoms with Gasteiger partial charge in [0.25, 0.3) is 0 Å². The first-order valence-corrected chi connectivity index (χ1v) is 6.29. The van der Waals surface area contributed by atoms with Crippen LogP contribution in [-0.2, 0) is 0 Å². The summed E-state index contributed by atoms with van der Waals surface area (Å²) >= 11 is 3.18. The Morgan fingerprint density at radius 2 is 2.18 bits per heavy atom. The number of hydrogen-bond donors (Lipinski definition) is 2. The fourth-order valence-electron chi connectivity index (χ4n) is 1.64. The Balaban J connectivity index is 1.86. The molecule has 0 amide bonds. The molecule has 1 aliphatic rings. The van der Waals surface area contributed by atoms with Crippen molar-refractivity contribution in [3.63, 3.8) is 0 Å². The highest BCUT2D eigenvalue weighted by Gasteiger charge is 2.21. The molecule has 1 saturated carbocycles. The lowest BCUT2D eigenvalue weighted by Gasteiger charge is -1.99. The summed E-state index contributed by atoms with van der Waals surface area (Å²) in [6.07, 6.45) is 2.43. The average molecular weight is 296 g/mol. The number of H-pyrrole nitrogens is 1. The zero-order valence-electron chi connectivity index (χ0n) is 9.00. The van der Waals surface area contributed by atoms with Gasteiger partial charge in [-0.05, 0) is 47.0 Å². The minimum Gasteiger partial charge on any atom is -0.366 e. The van der Waals surface area contributed by atoms with E-state index in [1.807, 2.05) is 6.07 Å². The van der Waals surface area contributed by atoms with Crippen LogP contribution >= 0.6 is 15.9 Å². The highest BCUT2D eigenvalue weighted by molar-refractivity contribution is 9.10. The largest absolute Gasteiger partial charge is 0.366 e. The first-order valence-electron chi connectivity index (χ1n) is 5.50. The van der Waals surface area contributed by atoms with Crippen LogP contribution in [-0.4, -0.2) is 16.2 Å². The number of aromatic nitrogens is 2. The van der Waals surface area contributed by atoms with E-state index in [9.17, 15) is 4.39 Å². The van der Waals surface area contributed by atoms with Crippen molar-refractivity contribution in [1.29, 1.82) is 0 Å². The van der Waals surface area contributed by atoms with E-state index in [2.05, 4.69) is 31.4 Å². The number of aromatic amines is 1. The molecule has 88 valence electrons. The van der Waals surface area contributed by atoms with Crippen LogP contribution in [0.2, 0.25) is 0 Å². The predicted molar refractivity (Wildman–Crippen MR) is 68.3 cm³/mol.